The van der Waals surface area contributed by atoms with Crippen LogP contribution >= 0.6 is 6.26 Å². The summed E-state index contributed by atoms with van der Waals surface area (Å²) in [5.74, 6) is 0. The Morgan fingerprint density at radius 2 is 2.07 bits per heavy atom. The van der Waals surface area contributed by atoms with Crippen molar-refractivity contribution in [2.45, 2.75) is 19.5 Å². The fourth-order valence-corrected chi connectivity index (χ4v) is 4.08. The molecule has 0 spiro atoms. The van der Waals surface area contributed by atoms with E-state index in [0.717, 1.165) is 5.30 Å². The molecule has 0 aliphatic heterocycles. The van der Waals surface area contributed by atoms with Gasteiger partial charge in [0.25, 0.3) is 0 Å². The molecule has 0 saturated carbocycles. The van der Waals surface area contributed by atoms with Crippen molar-refractivity contribution in [1.82, 2.24) is 0 Å². The Bertz CT molecular complexity index is 399. The van der Waals surface area contributed by atoms with Crippen molar-refractivity contribution in [1.29, 1.82) is 5.26 Å². The first-order valence-corrected chi connectivity index (χ1v) is 7.63. The van der Waals surface area contributed by atoms with Crippen LogP contribution in [0.3, 0.4) is 0 Å². The van der Waals surface area contributed by atoms with Crippen molar-refractivity contribution >= 4 is 23.4 Å². The molecule has 0 N–H and O–H groups in total. The Morgan fingerprint density at radius 3 is 2.53 bits per heavy atom. The average molecular weight is 239 g/mol. The first kappa shape index (κ1) is 12.4. The van der Waals surface area contributed by atoms with Gasteiger partial charge in [-0.25, -0.2) is 0 Å². The lowest BCUT2D eigenvalue weighted by atomic mass is 10.4. The minimum absolute atomic E-state index is 0.241. The zero-order valence-electron chi connectivity index (χ0n) is 8.88. The molecule has 0 unspecified atom stereocenters. The van der Waals surface area contributed by atoms with Gasteiger partial charge in [0.2, 0.25) is 0 Å². The van der Waals surface area contributed by atoms with Gasteiger partial charge in [-0.05, 0) is 13.8 Å². The quantitative estimate of drug-likeness (QED) is 0.757. The van der Waals surface area contributed by atoms with Gasteiger partial charge >= 0.3 is 0 Å². The summed E-state index contributed by atoms with van der Waals surface area (Å²) in [4.78, 5) is 0. The topological polar surface area (TPSA) is 33.0 Å². The fraction of sp³-hybridized carbons (Fsp3) is 0.364. The van der Waals surface area contributed by atoms with Crippen LogP contribution in [0.2, 0.25) is 0 Å². The zero-order valence-corrected chi connectivity index (χ0v) is 10.6. The molecule has 2 atom stereocenters. The maximum atomic E-state index is 8.99. The normalized spacial score (nSPS) is 16.3. The van der Waals surface area contributed by atoms with E-state index in [1.54, 1.807) is 0 Å². The van der Waals surface area contributed by atoms with Crippen LogP contribution in [0, 0.1) is 11.3 Å². The summed E-state index contributed by atoms with van der Waals surface area (Å²) in [5.41, 5.74) is -0.241. The van der Waals surface area contributed by atoms with E-state index in [1.165, 1.54) is 0 Å². The Hall–Kier alpha value is -0.680. The molecule has 4 heteroatoms. The third-order valence-corrected chi connectivity index (χ3v) is 6.83. The summed E-state index contributed by atoms with van der Waals surface area (Å²) in [6, 6.07) is 11.9. The SMILES string of the molecule is CCO[P@@](=S)(c1ccccc1)[C@H](C)C#N. The molecule has 1 aromatic carbocycles. The molecular formula is C11H14NOPS. The second-order valence-electron chi connectivity index (χ2n) is 3.16. The first-order chi connectivity index (χ1) is 7.15. The van der Waals surface area contributed by atoms with E-state index in [2.05, 4.69) is 6.07 Å². The summed E-state index contributed by atoms with van der Waals surface area (Å²) in [5, 5.41) is 9.97. The van der Waals surface area contributed by atoms with E-state index < -0.39 is 6.26 Å². The molecule has 0 bridgehead atoms. The minimum atomic E-state index is -2.19. The molecule has 0 aliphatic carbocycles. The van der Waals surface area contributed by atoms with Gasteiger partial charge in [-0.2, -0.15) is 5.26 Å². The summed E-state index contributed by atoms with van der Waals surface area (Å²) in [6.45, 7) is 4.30. The highest BCUT2D eigenvalue weighted by Crippen LogP contribution is 2.50. The molecule has 0 saturated heterocycles. The largest absolute Gasteiger partial charge is 0.345 e. The van der Waals surface area contributed by atoms with Crippen LogP contribution in [-0.2, 0) is 16.3 Å². The van der Waals surface area contributed by atoms with Crippen LogP contribution in [0.5, 0.6) is 0 Å². The number of rotatable bonds is 4. The highest BCUT2D eigenvalue weighted by atomic mass is 32.4. The highest BCUT2D eigenvalue weighted by Gasteiger charge is 2.27. The van der Waals surface area contributed by atoms with Gasteiger partial charge in [-0.3, -0.25) is 0 Å². The van der Waals surface area contributed by atoms with Crippen molar-refractivity contribution < 1.29 is 4.52 Å². The van der Waals surface area contributed by atoms with Crippen LogP contribution in [0.25, 0.3) is 0 Å². The van der Waals surface area contributed by atoms with Crippen LogP contribution in [0.1, 0.15) is 13.8 Å². The molecule has 0 aromatic heterocycles. The number of nitriles is 1. The number of hydrogen-bond donors (Lipinski definition) is 0. The minimum Gasteiger partial charge on any atom is -0.345 e. The lowest BCUT2D eigenvalue weighted by Crippen LogP contribution is -2.15. The maximum Gasteiger partial charge on any atom is 0.111 e. The van der Waals surface area contributed by atoms with Crippen molar-refractivity contribution in [3.63, 3.8) is 0 Å². The molecule has 0 amide bonds. The van der Waals surface area contributed by atoms with E-state index in [1.807, 2.05) is 44.2 Å². The van der Waals surface area contributed by atoms with Gasteiger partial charge in [-0.15, -0.1) is 0 Å². The van der Waals surface area contributed by atoms with Gasteiger partial charge in [0, 0.05) is 11.9 Å². The predicted molar refractivity (Wildman–Crippen MR) is 67.1 cm³/mol. The van der Waals surface area contributed by atoms with Crippen molar-refractivity contribution in [3.05, 3.63) is 30.3 Å². The number of benzene rings is 1. The fourth-order valence-electron chi connectivity index (χ4n) is 1.31. The maximum absolute atomic E-state index is 8.99. The third kappa shape index (κ3) is 2.66. The van der Waals surface area contributed by atoms with Crippen molar-refractivity contribution in [2.24, 2.45) is 0 Å². The Kier molecular flexibility index (Phi) is 4.47. The molecule has 1 rings (SSSR count). The van der Waals surface area contributed by atoms with E-state index in [0.29, 0.717) is 6.61 Å². The zero-order chi connectivity index (χ0) is 11.3. The van der Waals surface area contributed by atoms with E-state index >= 15 is 0 Å². The summed E-state index contributed by atoms with van der Waals surface area (Å²) >= 11 is 5.56. The molecule has 1 aromatic rings. The molecule has 0 fully saturated rings. The second-order valence-corrected chi connectivity index (χ2v) is 7.53. The van der Waals surface area contributed by atoms with Crippen LogP contribution in [0.4, 0.5) is 0 Å². The van der Waals surface area contributed by atoms with E-state index in [-0.39, 0.29) is 5.66 Å². The van der Waals surface area contributed by atoms with Gasteiger partial charge in [0.15, 0.2) is 0 Å². The summed E-state index contributed by atoms with van der Waals surface area (Å²) in [6.07, 6.45) is -2.19. The average Bonchev–Trinajstić information content (AvgIpc) is 2.29. The van der Waals surface area contributed by atoms with E-state index in [9.17, 15) is 0 Å². The van der Waals surface area contributed by atoms with Crippen molar-refractivity contribution in [2.75, 3.05) is 6.61 Å². The number of nitrogens with zero attached hydrogens (tertiary/aromatic N) is 1. The van der Waals surface area contributed by atoms with Crippen LogP contribution in [0.15, 0.2) is 30.3 Å². The molecule has 2 nitrogen and oxygen atoms in total. The molecule has 0 radical (unpaired) electrons. The molecule has 80 valence electrons. The third-order valence-electron chi connectivity index (χ3n) is 2.13. The van der Waals surface area contributed by atoms with Crippen LogP contribution < -0.4 is 5.30 Å². The van der Waals surface area contributed by atoms with E-state index in [4.69, 9.17) is 21.6 Å². The Morgan fingerprint density at radius 1 is 1.47 bits per heavy atom. The Labute approximate surface area is 96.0 Å². The molecular weight excluding hydrogens is 225 g/mol. The first-order valence-electron chi connectivity index (χ1n) is 4.84. The van der Waals surface area contributed by atoms with Gasteiger partial charge in [0.1, 0.15) is 6.26 Å². The molecule has 0 heterocycles. The summed E-state index contributed by atoms with van der Waals surface area (Å²) in [7, 11) is 0. The Balaban J connectivity index is 3.14. The lowest BCUT2D eigenvalue weighted by molar-refractivity contribution is 0.379. The second kappa shape index (κ2) is 5.42. The van der Waals surface area contributed by atoms with Gasteiger partial charge in [0.05, 0.1) is 11.7 Å². The molecule has 15 heavy (non-hydrogen) atoms. The van der Waals surface area contributed by atoms with Gasteiger partial charge < -0.3 is 4.52 Å². The number of hydrogen-bond acceptors (Lipinski definition) is 3. The smallest absolute Gasteiger partial charge is 0.111 e. The van der Waals surface area contributed by atoms with Crippen molar-refractivity contribution in [3.8, 4) is 6.07 Å². The lowest BCUT2D eigenvalue weighted by Gasteiger charge is -2.24. The standard InChI is InChI=1S/C11H14NOPS/c1-3-13-14(15,10(2)9-12)11-7-5-4-6-8-11/h4-8,10H,3H2,1-2H3/t10-,14+/m1/s1. The van der Waals surface area contributed by atoms with Crippen LogP contribution in [-0.4, -0.2) is 12.3 Å². The predicted octanol–water partition coefficient (Wildman–Crippen LogP) is 2.65. The summed E-state index contributed by atoms with van der Waals surface area (Å²) < 4.78 is 5.67. The molecule has 0 aliphatic rings. The van der Waals surface area contributed by atoms with Gasteiger partial charge in [-0.1, -0.05) is 42.1 Å². The monoisotopic (exact) mass is 239 g/mol. The highest BCUT2D eigenvalue weighted by molar-refractivity contribution is 8.16.